The number of rotatable bonds is 4. The lowest BCUT2D eigenvalue weighted by atomic mass is 10.2. The molecular weight excluding hydrogens is 314 g/mol. The molecule has 0 spiro atoms. The van der Waals surface area contributed by atoms with Gasteiger partial charge in [-0.2, -0.15) is 0 Å². The molecule has 0 radical (unpaired) electrons. The van der Waals surface area contributed by atoms with Crippen molar-refractivity contribution in [2.24, 2.45) is 0 Å². The number of carbonyl (C=O) groups excluding carboxylic acids is 1. The van der Waals surface area contributed by atoms with E-state index in [0.717, 1.165) is 0 Å². The summed E-state index contributed by atoms with van der Waals surface area (Å²) in [5.41, 5.74) is 7.31. The second-order valence-electron chi connectivity index (χ2n) is 5.33. The van der Waals surface area contributed by atoms with Crippen LogP contribution in [0.4, 0.5) is 17.1 Å². The number of anilines is 3. The summed E-state index contributed by atoms with van der Waals surface area (Å²) in [5, 5.41) is 2.60. The zero-order chi connectivity index (χ0) is 17.2. The number of benzene rings is 2. The van der Waals surface area contributed by atoms with Crippen LogP contribution in [0.15, 0.2) is 52.3 Å². The first kappa shape index (κ1) is 16.8. The fraction of sp³-hybridized carbons (Fsp3) is 0.188. The predicted octanol–water partition coefficient (Wildman–Crippen LogP) is 2.13. The molecule has 0 saturated heterocycles. The van der Waals surface area contributed by atoms with Crippen LogP contribution in [0.2, 0.25) is 0 Å². The first-order valence-electron chi connectivity index (χ1n) is 6.91. The minimum atomic E-state index is -3.69. The molecule has 0 bridgehead atoms. The van der Waals surface area contributed by atoms with Crippen LogP contribution in [0.1, 0.15) is 6.92 Å². The standard InChI is InChI=1S/C16H19N3O3S/c1-11(20)18-13-5-7-14(8-6-13)23(21,22)16-9-4-12(17)10-15(16)19(2)3/h4-10H,17H2,1-3H3,(H,18,20). The third-order valence-electron chi connectivity index (χ3n) is 3.24. The van der Waals surface area contributed by atoms with Gasteiger partial charge in [-0.3, -0.25) is 4.79 Å². The molecule has 0 aliphatic rings. The first-order valence-corrected chi connectivity index (χ1v) is 8.39. The number of nitrogen functional groups attached to an aromatic ring is 1. The van der Waals surface area contributed by atoms with Crippen molar-refractivity contribution in [2.45, 2.75) is 16.7 Å². The maximum atomic E-state index is 12.8. The van der Waals surface area contributed by atoms with E-state index in [1.54, 1.807) is 43.3 Å². The number of carbonyl (C=O) groups is 1. The molecule has 0 aliphatic carbocycles. The second kappa shape index (κ2) is 6.29. The molecule has 0 unspecified atom stereocenters. The van der Waals surface area contributed by atoms with Gasteiger partial charge in [0.05, 0.1) is 15.5 Å². The van der Waals surface area contributed by atoms with Crippen LogP contribution in [0.5, 0.6) is 0 Å². The zero-order valence-corrected chi connectivity index (χ0v) is 14.0. The summed E-state index contributed by atoms with van der Waals surface area (Å²) in [6.07, 6.45) is 0. The summed E-state index contributed by atoms with van der Waals surface area (Å²) in [6.45, 7) is 1.39. The van der Waals surface area contributed by atoms with Gasteiger partial charge in [0.2, 0.25) is 15.7 Å². The molecule has 0 heterocycles. The van der Waals surface area contributed by atoms with Crippen molar-refractivity contribution in [3.63, 3.8) is 0 Å². The molecule has 1 amide bonds. The Bertz CT molecular complexity index is 828. The highest BCUT2D eigenvalue weighted by Crippen LogP contribution is 2.31. The average Bonchev–Trinajstić information content (AvgIpc) is 2.46. The van der Waals surface area contributed by atoms with Crippen LogP contribution in [0.25, 0.3) is 0 Å². The summed E-state index contributed by atoms with van der Waals surface area (Å²) >= 11 is 0. The Morgan fingerprint density at radius 2 is 1.70 bits per heavy atom. The molecule has 23 heavy (non-hydrogen) atoms. The largest absolute Gasteiger partial charge is 0.399 e. The normalized spacial score (nSPS) is 11.1. The maximum absolute atomic E-state index is 12.8. The van der Waals surface area contributed by atoms with Crippen LogP contribution in [0, 0.1) is 0 Å². The van der Waals surface area contributed by atoms with E-state index in [-0.39, 0.29) is 15.7 Å². The topological polar surface area (TPSA) is 92.5 Å². The summed E-state index contributed by atoms with van der Waals surface area (Å²) in [4.78, 5) is 13.1. The van der Waals surface area contributed by atoms with E-state index in [1.165, 1.54) is 25.1 Å². The molecule has 0 aliphatic heterocycles. The molecule has 0 fully saturated rings. The smallest absolute Gasteiger partial charge is 0.221 e. The lowest BCUT2D eigenvalue weighted by molar-refractivity contribution is -0.114. The third kappa shape index (κ3) is 3.62. The molecular formula is C16H19N3O3S. The van der Waals surface area contributed by atoms with Crippen molar-refractivity contribution in [3.8, 4) is 0 Å². The van der Waals surface area contributed by atoms with Crippen molar-refractivity contribution in [3.05, 3.63) is 42.5 Å². The van der Waals surface area contributed by atoms with Gasteiger partial charge < -0.3 is 16.0 Å². The van der Waals surface area contributed by atoms with Crippen LogP contribution in [-0.4, -0.2) is 28.4 Å². The van der Waals surface area contributed by atoms with E-state index >= 15 is 0 Å². The zero-order valence-electron chi connectivity index (χ0n) is 13.2. The number of hydrogen-bond donors (Lipinski definition) is 2. The van der Waals surface area contributed by atoms with Crippen molar-refractivity contribution in [1.29, 1.82) is 0 Å². The van der Waals surface area contributed by atoms with E-state index in [1.807, 2.05) is 0 Å². The number of hydrogen-bond acceptors (Lipinski definition) is 5. The number of sulfone groups is 1. The Balaban J connectivity index is 2.48. The molecule has 2 rings (SSSR count). The van der Waals surface area contributed by atoms with Crippen LogP contribution in [-0.2, 0) is 14.6 Å². The van der Waals surface area contributed by atoms with E-state index in [2.05, 4.69) is 5.32 Å². The Kier molecular flexibility index (Phi) is 4.60. The summed E-state index contributed by atoms with van der Waals surface area (Å²) < 4.78 is 25.7. The van der Waals surface area contributed by atoms with E-state index in [9.17, 15) is 13.2 Å². The summed E-state index contributed by atoms with van der Waals surface area (Å²) in [6, 6.07) is 10.7. The maximum Gasteiger partial charge on any atom is 0.221 e. The Labute approximate surface area is 135 Å². The van der Waals surface area contributed by atoms with Gasteiger partial charge in [0.25, 0.3) is 0 Å². The van der Waals surface area contributed by atoms with Gasteiger partial charge in [-0.15, -0.1) is 0 Å². The lowest BCUT2D eigenvalue weighted by Gasteiger charge is -2.18. The SMILES string of the molecule is CC(=O)Nc1ccc(S(=O)(=O)c2ccc(N)cc2N(C)C)cc1. The molecule has 122 valence electrons. The van der Waals surface area contributed by atoms with Gasteiger partial charge >= 0.3 is 0 Å². The van der Waals surface area contributed by atoms with Crippen LogP contribution >= 0.6 is 0 Å². The van der Waals surface area contributed by atoms with Gasteiger partial charge in [0.15, 0.2) is 0 Å². The molecule has 0 aromatic heterocycles. The van der Waals surface area contributed by atoms with Gasteiger partial charge in [-0.05, 0) is 42.5 Å². The number of nitrogens with one attached hydrogen (secondary N) is 1. The number of nitrogens with zero attached hydrogens (tertiary/aromatic N) is 1. The Morgan fingerprint density at radius 3 is 2.22 bits per heavy atom. The molecule has 3 N–H and O–H groups in total. The van der Waals surface area contributed by atoms with E-state index < -0.39 is 9.84 Å². The third-order valence-corrected chi connectivity index (χ3v) is 5.06. The van der Waals surface area contributed by atoms with Gasteiger partial charge in [0.1, 0.15) is 0 Å². The summed E-state index contributed by atoms with van der Waals surface area (Å²) in [7, 11) is -0.171. The molecule has 6 nitrogen and oxygen atoms in total. The van der Waals surface area contributed by atoms with Gasteiger partial charge in [0, 0.05) is 32.4 Å². The lowest BCUT2D eigenvalue weighted by Crippen LogP contribution is -2.15. The highest BCUT2D eigenvalue weighted by atomic mass is 32.2. The van der Waals surface area contributed by atoms with Crippen molar-refractivity contribution >= 4 is 32.8 Å². The first-order chi connectivity index (χ1) is 10.7. The molecule has 7 heteroatoms. The monoisotopic (exact) mass is 333 g/mol. The van der Waals surface area contributed by atoms with Crippen molar-refractivity contribution in [2.75, 3.05) is 30.0 Å². The summed E-state index contributed by atoms with van der Waals surface area (Å²) in [5.74, 6) is -0.214. The number of amides is 1. The molecule has 0 saturated carbocycles. The Morgan fingerprint density at radius 1 is 1.09 bits per heavy atom. The predicted molar refractivity (Wildman–Crippen MR) is 91.4 cm³/mol. The van der Waals surface area contributed by atoms with Crippen molar-refractivity contribution < 1.29 is 13.2 Å². The average molecular weight is 333 g/mol. The fourth-order valence-electron chi connectivity index (χ4n) is 2.16. The number of nitrogens with two attached hydrogens (primary N) is 1. The highest BCUT2D eigenvalue weighted by molar-refractivity contribution is 7.91. The quantitative estimate of drug-likeness (QED) is 0.836. The molecule has 2 aromatic carbocycles. The minimum absolute atomic E-state index is 0.152. The van der Waals surface area contributed by atoms with Crippen molar-refractivity contribution in [1.82, 2.24) is 0 Å². The second-order valence-corrected chi connectivity index (χ2v) is 7.25. The van der Waals surface area contributed by atoms with Crippen LogP contribution in [0.3, 0.4) is 0 Å². The fourth-order valence-corrected chi connectivity index (χ4v) is 3.67. The van der Waals surface area contributed by atoms with E-state index in [0.29, 0.717) is 17.1 Å². The Hall–Kier alpha value is -2.54. The van der Waals surface area contributed by atoms with E-state index in [4.69, 9.17) is 5.73 Å². The molecule has 0 atom stereocenters. The van der Waals surface area contributed by atoms with Gasteiger partial charge in [-0.25, -0.2) is 8.42 Å². The van der Waals surface area contributed by atoms with Crippen LogP contribution < -0.4 is 16.0 Å². The van der Waals surface area contributed by atoms with Gasteiger partial charge in [-0.1, -0.05) is 0 Å². The molecule has 2 aromatic rings. The highest BCUT2D eigenvalue weighted by Gasteiger charge is 2.22. The minimum Gasteiger partial charge on any atom is -0.399 e.